The van der Waals surface area contributed by atoms with Gasteiger partial charge in [0, 0.05) is 12.6 Å². The fourth-order valence-corrected chi connectivity index (χ4v) is 1.88. The van der Waals surface area contributed by atoms with Crippen molar-refractivity contribution < 1.29 is 0 Å². The minimum atomic E-state index is 0.803. The first kappa shape index (κ1) is 9.05. The SMILES string of the molecule is CC[C@H](C)N1CCCC(C)C1. The Morgan fingerprint density at radius 2 is 2.27 bits per heavy atom. The van der Waals surface area contributed by atoms with Gasteiger partial charge in [-0.25, -0.2) is 0 Å². The third-order valence-corrected chi connectivity index (χ3v) is 2.90. The summed E-state index contributed by atoms with van der Waals surface area (Å²) in [7, 11) is 0. The Hall–Kier alpha value is -0.0400. The van der Waals surface area contributed by atoms with E-state index in [4.69, 9.17) is 0 Å². The molecule has 2 atom stereocenters. The van der Waals surface area contributed by atoms with Crippen LogP contribution in [0.5, 0.6) is 0 Å². The maximum Gasteiger partial charge on any atom is 0.00644 e. The predicted molar refractivity (Wildman–Crippen MR) is 49.7 cm³/mol. The first-order valence-electron chi connectivity index (χ1n) is 4.98. The lowest BCUT2D eigenvalue weighted by Gasteiger charge is -2.35. The van der Waals surface area contributed by atoms with E-state index >= 15 is 0 Å². The van der Waals surface area contributed by atoms with Crippen LogP contribution in [-0.2, 0) is 0 Å². The zero-order valence-electron chi connectivity index (χ0n) is 8.14. The van der Waals surface area contributed by atoms with Crippen LogP contribution in [0.25, 0.3) is 0 Å². The van der Waals surface area contributed by atoms with Crippen LogP contribution in [0.15, 0.2) is 0 Å². The van der Waals surface area contributed by atoms with Crippen LogP contribution >= 0.6 is 0 Å². The molecule has 1 unspecified atom stereocenters. The lowest BCUT2D eigenvalue weighted by Crippen LogP contribution is -2.40. The summed E-state index contributed by atoms with van der Waals surface area (Å²) in [5, 5.41) is 0. The van der Waals surface area contributed by atoms with Crippen molar-refractivity contribution in [1.29, 1.82) is 0 Å². The number of piperidine rings is 1. The third-order valence-electron chi connectivity index (χ3n) is 2.90. The van der Waals surface area contributed by atoms with Gasteiger partial charge >= 0.3 is 0 Å². The summed E-state index contributed by atoms with van der Waals surface area (Å²) >= 11 is 0. The number of hydrogen-bond donors (Lipinski definition) is 0. The van der Waals surface area contributed by atoms with Gasteiger partial charge in [0.05, 0.1) is 0 Å². The van der Waals surface area contributed by atoms with Crippen molar-refractivity contribution in [3.63, 3.8) is 0 Å². The molecule has 1 heterocycles. The molecule has 1 aliphatic rings. The Bertz CT molecular complexity index is 111. The molecule has 0 aromatic heterocycles. The van der Waals surface area contributed by atoms with Gasteiger partial charge < -0.3 is 4.90 Å². The van der Waals surface area contributed by atoms with Crippen LogP contribution in [0, 0.1) is 5.92 Å². The Kier molecular flexibility index (Phi) is 3.38. The van der Waals surface area contributed by atoms with Gasteiger partial charge in [0.2, 0.25) is 0 Å². The van der Waals surface area contributed by atoms with Gasteiger partial charge in [0.15, 0.2) is 0 Å². The molecule has 1 heteroatoms. The molecule has 0 bridgehead atoms. The van der Waals surface area contributed by atoms with Gasteiger partial charge in [-0.2, -0.15) is 0 Å². The molecule has 0 amide bonds. The van der Waals surface area contributed by atoms with Gasteiger partial charge in [-0.05, 0) is 38.6 Å². The van der Waals surface area contributed by atoms with E-state index in [0.717, 1.165) is 12.0 Å². The largest absolute Gasteiger partial charge is 0.300 e. The average molecular weight is 155 g/mol. The topological polar surface area (TPSA) is 3.24 Å². The molecule has 0 radical (unpaired) electrons. The lowest BCUT2D eigenvalue weighted by molar-refractivity contribution is 0.136. The van der Waals surface area contributed by atoms with Crippen molar-refractivity contribution in [3.8, 4) is 0 Å². The number of nitrogens with zero attached hydrogens (tertiary/aromatic N) is 1. The quantitative estimate of drug-likeness (QED) is 0.592. The van der Waals surface area contributed by atoms with E-state index in [-0.39, 0.29) is 0 Å². The molecule has 0 aromatic rings. The molecule has 66 valence electrons. The second kappa shape index (κ2) is 4.10. The molecule has 0 spiro atoms. The Labute approximate surface area is 70.8 Å². The Morgan fingerprint density at radius 3 is 2.82 bits per heavy atom. The van der Waals surface area contributed by atoms with Gasteiger partial charge in [0.1, 0.15) is 0 Å². The van der Waals surface area contributed by atoms with Gasteiger partial charge in [-0.3, -0.25) is 0 Å². The van der Waals surface area contributed by atoms with E-state index in [1.807, 2.05) is 0 Å². The molecule has 1 aliphatic heterocycles. The Balaban J connectivity index is 2.33. The monoisotopic (exact) mass is 155 g/mol. The van der Waals surface area contributed by atoms with Crippen LogP contribution in [0.4, 0.5) is 0 Å². The van der Waals surface area contributed by atoms with Crippen LogP contribution in [-0.4, -0.2) is 24.0 Å². The summed E-state index contributed by atoms with van der Waals surface area (Å²) in [5.74, 6) is 0.928. The van der Waals surface area contributed by atoms with Crippen molar-refractivity contribution in [2.24, 2.45) is 5.92 Å². The summed E-state index contributed by atoms with van der Waals surface area (Å²) in [6.45, 7) is 9.66. The average Bonchev–Trinajstić information content (AvgIpc) is 2.03. The van der Waals surface area contributed by atoms with E-state index in [1.54, 1.807) is 0 Å². The third kappa shape index (κ3) is 2.48. The molecule has 0 N–H and O–H groups in total. The zero-order valence-corrected chi connectivity index (χ0v) is 8.14. The number of hydrogen-bond acceptors (Lipinski definition) is 1. The van der Waals surface area contributed by atoms with Gasteiger partial charge in [0.25, 0.3) is 0 Å². The molecular formula is C10H21N. The van der Waals surface area contributed by atoms with E-state index in [0.29, 0.717) is 0 Å². The van der Waals surface area contributed by atoms with E-state index in [2.05, 4.69) is 25.7 Å². The predicted octanol–water partition coefficient (Wildman–Crippen LogP) is 2.52. The smallest absolute Gasteiger partial charge is 0.00644 e. The van der Waals surface area contributed by atoms with E-state index < -0.39 is 0 Å². The fraction of sp³-hybridized carbons (Fsp3) is 1.00. The van der Waals surface area contributed by atoms with Crippen LogP contribution in [0.1, 0.15) is 40.0 Å². The van der Waals surface area contributed by atoms with Gasteiger partial charge in [-0.15, -0.1) is 0 Å². The van der Waals surface area contributed by atoms with E-state index in [9.17, 15) is 0 Å². The molecule has 11 heavy (non-hydrogen) atoms. The van der Waals surface area contributed by atoms with Gasteiger partial charge in [-0.1, -0.05) is 13.8 Å². The summed E-state index contributed by atoms with van der Waals surface area (Å²) in [6, 6.07) is 0.803. The van der Waals surface area contributed by atoms with Crippen molar-refractivity contribution in [1.82, 2.24) is 4.90 Å². The summed E-state index contributed by atoms with van der Waals surface area (Å²) < 4.78 is 0. The molecule has 1 fully saturated rings. The fourth-order valence-electron chi connectivity index (χ4n) is 1.88. The van der Waals surface area contributed by atoms with Crippen molar-refractivity contribution >= 4 is 0 Å². The highest BCUT2D eigenvalue weighted by Gasteiger charge is 2.19. The van der Waals surface area contributed by atoms with Crippen molar-refractivity contribution in [3.05, 3.63) is 0 Å². The first-order valence-corrected chi connectivity index (χ1v) is 4.98. The van der Waals surface area contributed by atoms with Crippen molar-refractivity contribution in [2.75, 3.05) is 13.1 Å². The van der Waals surface area contributed by atoms with Crippen LogP contribution in [0.2, 0.25) is 0 Å². The highest BCUT2D eigenvalue weighted by molar-refractivity contribution is 4.73. The minimum Gasteiger partial charge on any atom is -0.300 e. The highest BCUT2D eigenvalue weighted by Crippen LogP contribution is 2.18. The summed E-state index contributed by atoms with van der Waals surface area (Å²) in [4.78, 5) is 2.63. The maximum absolute atomic E-state index is 2.63. The summed E-state index contributed by atoms with van der Waals surface area (Å²) in [6.07, 6.45) is 4.14. The molecule has 1 saturated heterocycles. The molecule has 1 nitrogen and oxygen atoms in total. The molecule has 0 aromatic carbocycles. The highest BCUT2D eigenvalue weighted by atomic mass is 15.2. The lowest BCUT2D eigenvalue weighted by atomic mass is 9.98. The van der Waals surface area contributed by atoms with Crippen molar-refractivity contribution in [2.45, 2.75) is 46.1 Å². The summed E-state index contributed by atoms with van der Waals surface area (Å²) in [5.41, 5.74) is 0. The molecule has 0 aliphatic carbocycles. The van der Waals surface area contributed by atoms with Crippen LogP contribution < -0.4 is 0 Å². The standard InChI is InChI=1S/C10H21N/c1-4-10(3)11-7-5-6-9(2)8-11/h9-10H,4-8H2,1-3H3/t9?,10-/m0/s1. The Morgan fingerprint density at radius 1 is 1.55 bits per heavy atom. The first-order chi connectivity index (χ1) is 5.24. The number of likely N-dealkylation sites (tertiary alicyclic amines) is 1. The maximum atomic E-state index is 2.63. The molecule has 1 rings (SSSR count). The molecular weight excluding hydrogens is 134 g/mol. The second-order valence-electron chi connectivity index (χ2n) is 4.00. The molecule has 0 saturated carbocycles. The second-order valence-corrected chi connectivity index (χ2v) is 4.00. The minimum absolute atomic E-state index is 0.803. The zero-order chi connectivity index (χ0) is 8.27. The number of rotatable bonds is 2. The normalized spacial score (nSPS) is 30.3. The van der Waals surface area contributed by atoms with Crippen LogP contribution in [0.3, 0.4) is 0 Å². The van der Waals surface area contributed by atoms with E-state index in [1.165, 1.54) is 32.4 Å².